The summed E-state index contributed by atoms with van der Waals surface area (Å²) in [7, 11) is 0. The van der Waals surface area contributed by atoms with Crippen LogP contribution in [0.15, 0.2) is 41.6 Å². The smallest absolute Gasteiger partial charge is 0.220 e. The highest BCUT2D eigenvalue weighted by atomic mass is 35.5. The first-order valence-electron chi connectivity index (χ1n) is 6.52. The molecule has 0 aromatic carbocycles. The van der Waals surface area contributed by atoms with E-state index in [1.54, 1.807) is 35.1 Å². The van der Waals surface area contributed by atoms with Gasteiger partial charge >= 0.3 is 0 Å². The highest BCUT2D eigenvalue weighted by molar-refractivity contribution is 6.03. The maximum absolute atomic E-state index is 12.4. The minimum atomic E-state index is -0.135. The van der Waals surface area contributed by atoms with Crippen molar-refractivity contribution in [1.29, 1.82) is 0 Å². The van der Waals surface area contributed by atoms with Crippen LogP contribution in [0.5, 0.6) is 0 Å². The molecular formula is C14H12ClN7O. The summed E-state index contributed by atoms with van der Waals surface area (Å²) in [6.45, 7) is 0. The lowest BCUT2D eigenvalue weighted by atomic mass is 10.1. The Labute approximate surface area is 135 Å². The average molecular weight is 330 g/mol. The molecule has 9 heteroatoms. The molecular weight excluding hydrogens is 318 g/mol. The van der Waals surface area contributed by atoms with E-state index in [0.717, 1.165) is 5.52 Å². The van der Waals surface area contributed by atoms with Crippen LogP contribution in [0.25, 0.3) is 27.8 Å². The number of aromatic amines is 1. The number of fused-ring (bicyclic) bond motifs is 3. The molecule has 0 saturated heterocycles. The van der Waals surface area contributed by atoms with E-state index in [0.29, 0.717) is 22.3 Å². The summed E-state index contributed by atoms with van der Waals surface area (Å²) >= 11 is 0. The van der Waals surface area contributed by atoms with Crippen LogP contribution in [0.4, 0.5) is 11.9 Å². The van der Waals surface area contributed by atoms with E-state index in [1.165, 1.54) is 6.07 Å². The summed E-state index contributed by atoms with van der Waals surface area (Å²) in [6, 6.07) is 4.94. The van der Waals surface area contributed by atoms with Gasteiger partial charge in [0.2, 0.25) is 11.9 Å². The van der Waals surface area contributed by atoms with Crippen LogP contribution in [-0.4, -0.2) is 24.3 Å². The fraction of sp³-hybridized carbons (Fsp3) is 0. The predicted octanol–water partition coefficient (Wildman–Crippen LogP) is 1.22. The number of nitrogens with zero attached hydrogens (tertiary/aromatic N) is 4. The quantitative estimate of drug-likeness (QED) is 0.481. The molecule has 0 radical (unpaired) electrons. The van der Waals surface area contributed by atoms with Crippen molar-refractivity contribution in [3.05, 3.63) is 47.0 Å². The Morgan fingerprint density at radius 1 is 1.09 bits per heavy atom. The number of nitrogens with two attached hydrogens (primary N) is 2. The summed E-state index contributed by atoms with van der Waals surface area (Å²) in [5.74, 6) is 0.414. The fourth-order valence-electron chi connectivity index (χ4n) is 2.66. The van der Waals surface area contributed by atoms with E-state index in [2.05, 4.69) is 19.9 Å². The minimum absolute atomic E-state index is 0. The van der Waals surface area contributed by atoms with Crippen LogP contribution in [0.1, 0.15) is 0 Å². The Kier molecular flexibility index (Phi) is 3.38. The van der Waals surface area contributed by atoms with Crippen LogP contribution >= 0.6 is 12.4 Å². The van der Waals surface area contributed by atoms with Crippen molar-refractivity contribution in [2.45, 2.75) is 0 Å². The van der Waals surface area contributed by atoms with Crippen molar-refractivity contribution in [3.8, 4) is 11.3 Å². The number of hydrogen-bond acceptors (Lipinski definition) is 6. The number of rotatable bonds is 1. The first-order chi connectivity index (χ1) is 10.7. The standard InChI is InChI=1S/C14H11N7O.ClH/c15-13-18-4-1-7(20-13)10-8-2-5-19-14(16)21(8)12-11(10)9(22)3-6-17-12;/h1-6H,(H2,16,19)(H,17,22)(H2,15,18,20);1H. The third kappa shape index (κ3) is 2.08. The molecule has 0 amide bonds. The second-order valence-electron chi connectivity index (χ2n) is 4.76. The number of nitrogen functional groups attached to an aromatic ring is 2. The van der Waals surface area contributed by atoms with Gasteiger partial charge in [-0.2, -0.15) is 0 Å². The van der Waals surface area contributed by atoms with Gasteiger partial charge in [-0.05, 0) is 12.1 Å². The van der Waals surface area contributed by atoms with Gasteiger partial charge in [0.15, 0.2) is 5.43 Å². The first-order valence-corrected chi connectivity index (χ1v) is 6.52. The highest BCUT2D eigenvalue weighted by Gasteiger charge is 2.19. The molecule has 5 N–H and O–H groups in total. The van der Waals surface area contributed by atoms with Crippen LogP contribution < -0.4 is 16.9 Å². The van der Waals surface area contributed by atoms with E-state index >= 15 is 0 Å². The third-order valence-electron chi connectivity index (χ3n) is 3.51. The van der Waals surface area contributed by atoms with Gasteiger partial charge < -0.3 is 16.5 Å². The van der Waals surface area contributed by atoms with Crippen molar-refractivity contribution >= 4 is 40.9 Å². The first kappa shape index (κ1) is 14.8. The van der Waals surface area contributed by atoms with Crippen molar-refractivity contribution < 1.29 is 0 Å². The van der Waals surface area contributed by atoms with E-state index in [-0.39, 0.29) is 29.7 Å². The Morgan fingerprint density at radius 3 is 2.65 bits per heavy atom. The molecule has 0 aliphatic heterocycles. The zero-order valence-corrected chi connectivity index (χ0v) is 12.5. The molecule has 8 nitrogen and oxygen atoms in total. The summed E-state index contributed by atoms with van der Waals surface area (Å²) in [5, 5.41) is 0.486. The molecule has 0 aliphatic rings. The van der Waals surface area contributed by atoms with Gasteiger partial charge in [-0.1, -0.05) is 0 Å². The molecule has 4 heterocycles. The summed E-state index contributed by atoms with van der Waals surface area (Å²) in [4.78, 5) is 27.6. The van der Waals surface area contributed by atoms with Gasteiger partial charge in [-0.15, -0.1) is 12.4 Å². The Morgan fingerprint density at radius 2 is 1.87 bits per heavy atom. The largest absolute Gasteiger partial charge is 0.369 e. The Hall–Kier alpha value is -3.13. The normalized spacial score (nSPS) is 10.8. The lowest BCUT2D eigenvalue weighted by molar-refractivity contribution is 1.12. The average Bonchev–Trinajstić information content (AvgIpc) is 2.84. The molecule has 0 aliphatic carbocycles. The van der Waals surface area contributed by atoms with Crippen molar-refractivity contribution in [1.82, 2.24) is 24.3 Å². The molecule has 0 unspecified atom stereocenters. The maximum Gasteiger partial charge on any atom is 0.220 e. The van der Waals surface area contributed by atoms with Crippen molar-refractivity contribution in [3.63, 3.8) is 0 Å². The molecule has 4 rings (SSSR count). The summed E-state index contributed by atoms with van der Waals surface area (Å²) in [5.41, 5.74) is 14.0. The van der Waals surface area contributed by atoms with Crippen LogP contribution in [0.3, 0.4) is 0 Å². The molecule has 4 aromatic heterocycles. The lowest BCUT2D eigenvalue weighted by Gasteiger charge is -2.02. The molecule has 0 saturated carbocycles. The molecule has 4 aromatic rings. The number of pyridine rings is 1. The topological polar surface area (TPSA) is 128 Å². The van der Waals surface area contributed by atoms with Crippen LogP contribution in [0.2, 0.25) is 0 Å². The second-order valence-corrected chi connectivity index (χ2v) is 4.76. The third-order valence-corrected chi connectivity index (χ3v) is 3.51. The van der Waals surface area contributed by atoms with E-state index in [9.17, 15) is 4.79 Å². The molecule has 23 heavy (non-hydrogen) atoms. The zero-order chi connectivity index (χ0) is 15.3. The van der Waals surface area contributed by atoms with Gasteiger partial charge in [-0.3, -0.25) is 9.20 Å². The number of hydrogen-bond donors (Lipinski definition) is 3. The number of aromatic nitrogens is 5. The van der Waals surface area contributed by atoms with E-state index in [4.69, 9.17) is 11.5 Å². The number of halogens is 1. The maximum atomic E-state index is 12.4. The molecule has 0 atom stereocenters. The fourth-order valence-corrected chi connectivity index (χ4v) is 2.66. The minimum Gasteiger partial charge on any atom is -0.369 e. The number of H-pyrrole nitrogens is 1. The highest BCUT2D eigenvalue weighted by Crippen LogP contribution is 2.32. The lowest BCUT2D eigenvalue weighted by Crippen LogP contribution is -2.02. The van der Waals surface area contributed by atoms with E-state index in [1.807, 2.05) is 0 Å². The van der Waals surface area contributed by atoms with Crippen molar-refractivity contribution in [2.24, 2.45) is 0 Å². The number of anilines is 2. The molecule has 0 bridgehead atoms. The summed E-state index contributed by atoms with van der Waals surface area (Å²) in [6.07, 6.45) is 4.71. The SMILES string of the molecule is Cl.Nc1nccc(-c2c3c(=O)cc[nH]c3n3c(N)nccc23)n1. The van der Waals surface area contributed by atoms with Crippen molar-refractivity contribution in [2.75, 3.05) is 11.5 Å². The van der Waals surface area contributed by atoms with Gasteiger partial charge in [-0.25, -0.2) is 15.0 Å². The van der Waals surface area contributed by atoms with Crippen LogP contribution in [0, 0.1) is 0 Å². The van der Waals surface area contributed by atoms with Gasteiger partial charge in [0.1, 0.15) is 5.65 Å². The van der Waals surface area contributed by atoms with Crippen LogP contribution in [-0.2, 0) is 0 Å². The Balaban J connectivity index is 0.00000156. The number of nitrogens with one attached hydrogen (secondary N) is 1. The molecule has 0 spiro atoms. The molecule has 116 valence electrons. The van der Waals surface area contributed by atoms with E-state index < -0.39 is 0 Å². The monoisotopic (exact) mass is 329 g/mol. The zero-order valence-electron chi connectivity index (χ0n) is 11.7. The predicted molar refractivity (Wildman–Crippen MR) is 90.4 cm³/mol. The van der Waals surface area contributed by atoms with Gasteiger partial charge in [0.25, 0.3) is 0 Å². The Bertz CT molecular complexity index is 1090. The molecule has 0 fully saturated rings. The van der Waals surface area contributed by atoms with Gasteiger partial charge in [0, 0.05) is 30.2 Å². The second kappa shape index (κ2) is 5.25. The van der Waals surface area contributed by atoms with Gasteiger partial charge in [0.05, 0.1) is 16.6 Å². The summed E-state index contributed by atoms with van der Waals surface area (Å²) < 4.78 is 1.68.